The van der Waals surface area contributed by atoms with Gasteiger partial charge in [0, 0.05) is 10.9 Å². The first-order valence-electron chi connectivity index (χ1n) is 4.09. The van der Waals surface area contributed by atoms with Crippen LogP contribution in [0.1, 0.15) is 10.4 Å². The van der Waals surface area contributed by atoms with Gasteiger partial charge in [0.25, 0.3) is 0 Å². The number of nitrogens with zero attached hydrogens (tertiary/aromatic N) is 1. The standard InChI is InChI=1S/C9H8BrN3O/c10-9-6-3-5(8(14)4-11)1-2-7(6)12-13-9/h1-3H,4,11H2,(H,12,13). The summed E-state index contributed by atoms with van der Waals surface area (Å²) in [6.45, 7) is 0.0287. The number of nitrogens with one attached hydrogen (secondary N) is 1. The van der Waals surface area contributed by atoms with Crippen LogP contribution in [0, 0.1) is 0 Å². The van der Waals surface area contributed by atoms with Crippen LogP contribution in [0.4, 0.5) is 0 Å². The molecule has 1 aromatic carbocycles. The second-order valence-corrected chi connectivity index (χ2v) is 3.69. The number of hydrogen-bond donors (Lipinski definition) is 2. The number of aromatic amines is 1. The number of ketones is 1. The molecule has 3 N–H and O–H groups in total. The first kappa shape index (κ1) is 9.36. The lowest BCUT2D eigenvalue weighted by Crippen LogP contribution is -2.13. The molecule has 0 unspecified atom stereocenters. The lowest BCUT2D eigenvalue weighted by atomic mass is 10.1. The minimum absolute atomic E-state index is 0.0287. The number of carbonyl (C=O) groups excluding carboxylic acids is 1. The van der Waals surface area contributed by atoms with Crippen molar-refractivity contribution >= 4 is 32.6 Å². The normalized spacial score (nSPS) is 10.7. The minimum atomic E-state index is -0.0694. The lowest BCUT2D eigenvalue weighted by molar-refractivity contribution is 0.100. The first-order valence-corrected chi connectivity index (χ1v) is 4.88. The molecule has 0 aliphatic heterocycles. The number of aromatic nitrogens is 2. The van der Waals surface area contributed by atoms with Crippen LogP contribution in [0.2, 0.25) is 0 Å². The van der Waals surface area contributed by atoms with Gasteiger partial charge in [0.05, 0.1) is 12.1 Å². The van der Waals surface area contributed by atoms with E-state index in [4.69, 9.17) is 5.73 Å². The molecule has 0 aliphatic rings. The Kier molecular flexibility index (Phi) is 2.35. The van der Waals surface area contributed by atoms with E-state index in [1.54, 1.807) is 18.2 Å². The number of rotatable bonds is 2. The highest BCUT2D eigenvalue weighted by Crippen LogP contribution is 2.21. The van der Waals surface area contributed by atoms with Gasteiger partial charge in [0.15, 0.2) is 5.78 Å². The number of hydrogen-bond acceptors (Lipinski definition) is 3. The number of nitrogens with two attached hydrogens (primary N) is 1. The quantitative estimate of drug-likeness (QED) is 0.797. The Balaban J connectivity index is 2.60. The maximum absolute atomic E-state index is 11.3. The Labute approximate surface area is 88.6 Å². The first-order chi connectivity index (χ1) is 6.72. The monoisotopic (exact) mass is 253 g/mol. The molecule has 1 heterocycles. The zero-order chi connectivity index (χ0) is 10.1. The van der Waals surface area contributed by atoms with E-state index in [-0.39, 0.29) is 12.3 Å². The zero-order valence-corrected chi connectivity index (χ0v) is 8.84. The SMILES string of the molecule is NCC(=O)c1ccc2n[nH]c(Br)c2c1. The van der Waals surface area contributed by atoms with Gasteiger partial charge in [-0.15, -0.1) is 0 Å². The molecule has 0 fully saturated rings. The average Bonchev–Trinajstić information content (AvgIpc) is 2.59. The summed E-state index contributed by atoms with van der Waals surface area (Å²) in [5, 5.41) is 7.71. The molecule has 0 saturated carbocycles. The number of benzene rings is 1. The Morgan fingerprint density at radius 2 is 2.36 bits per heavy atom. The summed E-state index contributed by atoms with van der Waals surface area (Å²) in [5.74, 6) is -0.0694. The molecule has 0 radical (unpaired) electrons. The van der Waals surface area contributed by atoms with Crippen LogP contribution in [-0.2, 0) is 0 Å². The van der Waals surface area contributed by atoms with Crippen molar-refractivity contribution < 1.29 is 4.79 Å². The van der Waals surface area contributed by atoms with E-state index in [0.717, 1.165) is 15.5 Å². The molecule has 4 nitrogen and oxygen atoms in total. The third-order valence-corrected chi connectivity index (χ3v) is 2.62. The van der Waals surface area contributed by atoms with Crippen molar-refractivity contribution in [3.8, 4) is 0 Å². The number of fused-ring (bicyclic) bond motifs is 1. The predicted molar refractivity (Wildman–Crippen MR) is 57.2 cm³/mol. The van der Waals surface area contributed by atoms with Crippen LogP contribution in [-0.4, -0.2) is 22.5 Å². The van der Waals surface area contributed by atoms with Gasteiger partial charge in [0.2, 0.25) is 0 Å². The molecule has 0 bridgehead atoms. The van der Waals surface area contributed by atoms with E-state index in [1.165, 1.54) is 0 Å². The smallest absolute Gasteiger partial charge is 0.176 e. The topological polar surface area (TPSA) is 71.8 Å². The summed E-state index contributed by atoms with van der Waals surface area (Å²) in [5.41, 5.74) is 6.71. The molecule has 0 atom stereocenters. The summed E-state index contributed by atoms with van der Waals surface area (Å²) >= 11 is 3.31. The fourth-order valence-corrected chi connectivity index (χ4v) is 1.68. The van der Waals surface area contributed by atoms with E-state index >= 15 is 0 Å². The molecule has 14 heavy (non-hydrogen) atoms. The summed E-state index contributed by atoms with van der Waals surface area (Å²) in [4.78, 5) is 11.3. The van der Waals surface area contributed by atoms with Gasteiger partial charge in [-0.25, -0.2) is 0 Å². The fourth-order valence-electron chi connectivity index (χ4n) is 1.27. The summed E-state index contributed by atoms with van der Waals surface area (Å²) < 4.78 is 0.777. The van der Waals surface area contributed by atoms with Crippen LogP contribution in [0.15, 0.2) is 22.8 Å². The predicted octanol–water partition coefficient (Wildman–Crippen LogP) is 1.47. The van der Waals surface area contributed by atoms with E-state index in [2.05, 4.69) is 26.1 Å². The van der Waals surface area contributed by atoms with E-state index in [1.807, 2.05) is 0 Å². The van der Waals surface area contributed by atoms with Crippen LogP contribution in [0.3, 0.4) is 0 Å². The maximum Gasteiger partial charge on any atom is 0.176 e. The summed E-state index contributed by atoms with van der Waals surface area (Å²) in [7, 11) is 0. The van der Waals surface area contributed by atoms with Crippen molar-refractivity contribution in [2.45, 2.75) is 0 Å². The van der Waals surface area contributed by atoms with E-state index in [9.17, 15) is 4.79 Å². The molecule has 0 amide bonds. The molecule has 1 aromatic heterocycles. The lowest BCUT2D eigenvalue weighted by Gasteiger charge is -1.96. The number of Topliss-reactive ketones (excluding diaryl/α,β-unsaturated/α-hetero) is 1. The Morgan fingerprint density at radius 1 is 1.57 bits per heavy atom. The fraction of sp³-hybridized carbons (Fsp3) is 0.111. The number of H-pyrrole nitrogens is 1. The molecular weight excluding hydrogens is 246 g/mol. The summed E-state index contributed by atoms with van der Waals surface area (Å²) in [6, 6.07) is 5.29. The van der Waals surface area contributed by atoms with Gasteiger partial charge >= 0.3 is 0 Å². The van der Waals surface area contributed by atoms with Gasteiger partial charge in [-0.1, -0.05) is 0 Å². The highest BCUT2D eigenvalue weighted by atomic mass is 79.9. The molecule has 2 rings (SSSR count). The third kappa shape index (κ3) is 1.44. The van der Waals surface area contributed by atoms with Crippen molar-refractivity contribution in [1.82, 2.24) is 10.2 Å². The zero-order valence-electron chi connectivity index (χ0n) is 7.25. The van der Waals surface area contributed by atoms with E-state index in [0.29, 0.717) is 5.56 Å². The number of halogens is 1. The van der Waals surface area contributed by atoms with Crippen molar-refractivity contribution in [3.05, 3.63) is 28.4 Å². The molecule has 2 aromatic rings. The van der Waals surface area contributed by atoms with Crippen LogP contribution in [0.25, 0.3) is 10.9 Å². The van der Waals surface area contributed by atoms with Crippen molar-refractivity contribution in [1.29, 1.82) is 0 Å². The average molecular weight is 254 g/mol. The largest absolute Gasteiger partial charge is 0.324 e. The molecule has 0 saturated heterocycles. The van der Waals surface area contributed by atoms with Gasteiger partial charge < -0.3 is 5.73 Å². The Hall–Kier alpha value is -1.20. The second-order valence-electron chi connectivity index (χ2n) is 2.90. The van der Waals surface area contributed by atoms with Crippen LogP contribution in [0.5, 0.6) is 0 Å². The molecule has 72 valence electrons. The van der Waals surface area contributed by atoms with Gasteiger partial charge in [-0.05, 0) is 34.1 Å². The van der Waals surface area contributed by atoms with Crippen LogP contribution < -0.4 is 5.73 Å². The van der Waals surface area contributed by atoms with Gasteiger partial charge in [0.1, 0.15) is 4.60 Å². The molecule has 0 spiro atoms. The Morgan fingerprint density at radius 3 is 3.07 bits per heavy atom. The summed E-state index contributed by atoms with van der Waals surface area (Å²) in [6.07, 6.45) is 0. The highest BCUT2D eigenvalue weighted by Gasteiger charge is 2.07. The molecule has 0 aliphatic carbocycles. The van der Waals surface area contributed by atoms with Gasteiger partial charge in [-0.2, -0.15) is 5.10 Å². The van der Waals surface area contributed by atoms with Crippen molar-refractivity contribution in [3.63, 3.8) is 0 Å². The van der Waals surface area contributed by atoms with Crippen molar-refractivity contribution in [2.24, 2.45) is 5.73 Å². The van der Waals surface area contributed by atoms with Crippen molar-refractivity contribution in [2.75, 3.05) is 6.54 Å². The number of carbonyl (C=O) groups is 1. The van der Waals surface area contributed by atoms with Crippen LogP contribution >= 0.6 is 15.9 Å². The molecular formula is C9H8BrN3O. The van der Waals surface area contributed by atoms with Gasteiger partial charge in [-0.3, -0.25) is 9.89 Å². The third-order valence-electron chi connectivity index (χ3n) is 2.01. The minimum Gasteiger partial charge on any atom is -0.324 e. The Bertz CT molecular complexity index is 492. The highest BCUT2D eigenvalue weighted by molar-refractivity contribution is 9.10. The molecule has 5 heteroatoms. The second kappa shape index (κ2) is 3.51. The van der Waals surface area contributed by atoms with E-state index < -0.39 is 0 Å². The maximum atomic E-state index is 11.3.